The van der Waals surface area contributed by atoms with E-state index < -0.39 is 35.0 Å². The Morgan fingerprint density at radius 3 is 1.36 bits per heavy atom. The lowest BCUT2D eigenvalue weighted by Crippen LogP contribution is -2.50. The first kappa shape index (κ1) is 53.4. The Morgan fingerprint density at radius 1 is 0.644 bits per heavy atom. The van der Waals surface area contributed by atoms with Gasteiger partial charge in [0.2, 0.25) is 0 Å². The fraction of sp³-hybridized carbons (Fsp3) is 0.651. The Labute approximate surface area is 360 Å². The molecule has 0 aliphatic rings. The lowest BCUT2D eigenvalue weighted by Gasteiger charge is -2.26. The molecule has 0 unspecified atom stereocenters. The van der Waals surface area contributed by atoms with Gasteiger partial charge in [-0.25, -0.2) is 4.79 Å². The van der Waals surface area contributed by atoms with Crippen molar-refractivity contribution >= 4 is 53.0 Å². The Bertz CT molecular complexity index is 1640. The zero-order chi connectivity index (χ0) is 45.0. The van der Waals surface area contributed by atoms with Gasteiger partial charge >= 0.3 is 6.09 Å². The monoisotopic (exact) mass is 862 g/mol. The summed E-state index contributed by atoms with van der Waals surface area (Å²) in [6.45, 7) is 20.8. The van der Waals surface area contributed by atoms with Crippen LogP contribution in [0.4, 0.5) is 4.79 Å². The maximum atomic E-state index is 13.0. The standard InChI is InChI=1S/C24H39N3O5S.C19H31N3O3S/c1-16-13-18(14-17(2)26-16)33-15-20(28)19(27-21(29)24(6,7)31-8)11-9-10-12-25-22(30)32-23(3,4)5;1-13-10-15(11-14(2)21-13)26-12-17(23)16(8-6-7-9-20)22-18(24)19(3,4)25-5/h13-14,19H,9-12,15H2,1-8H3,(H,25,30)(H,27,29);10-11,16H,6-9,12,20H2,1-5H3,(H,22,24)/t19-;16-/m00/s1. The lowest BCUT2D eigenvalue weighted by molar-refractivity contribution is -0.142. The lowest BCUT2D eigenvalue weighted by atomic mass is 10.0. The van der Waals surface area contributed by atoms with Crippen molar-refractivity contribution in [3.05, 3.63) is 47.0 Å². The van der Waals surface area contributed by atoms with Gasteiger partial charge in [-0.1, -0.05) is 0 Å². The van der Waals surface area contributed by atoms with Crippen molar-refractivity contribution in [2.45, 2.75) is 153 Å². The molecule has 0 fully saturated rings. The predicted octanol–water partition coefficient (Wildman–Crippen LogP) is 6.36. The van der Waals surface area contributed by atoms with Crippen molar-refractivity contribution < 1.29 is 38.2 Å². The maximum absolute atomic E-state index is 13.0. The Kier molecular flexibility index (Phi) is 23.5. The molecule has 0 aliphatic carbocycles. The van der Waals surface area contributed by atoms with Crippen molar-refractivity contribution in [3.63, 3.8) is 0 Å². The number of aromatic nitrogens is 2. The van der Waals surface area contributed by atoms with E-state index in [1.807, 2.05) is 52.0 Å². The number of carbonyl (C=O) groups is 5. The fourth-order valence-electron chi connectivity index (χ4n) is 5.22. The third-order valence-electron chi connectivity index (χ3n) is 8.91. The molecule has 59 heavy (non-hydrogen) atoms. The summed E-state index contributed by atoms with van der Waals surface area (Å²) in [7, 11) is 2.94. The van der Waals surface area contributed by atoms with Crippen LogP contribution in [0.2, 0.25) is 0 Å². The van der Waals surface area contributed by atoms with E-state index in [2.05, 4.69) is 25.9 Å². The largest absolute Gasteiger partial charge is 0.444 e. The molecule has 0 saturated heterocycles. The summed E-state index contributed by atoms with van der Waals surface area (Å²) in [4.78, 5) is 73.1. The van der Waals surface area contributed by atoms with Crippen LogP contribution in [-0.4, -0.2) is 107 Å². The van der Waals surface area contributed by atoms with Crippen LogP contribution in [0.5, 0.6) is 0 Å². The number of unbranched alkanes of at least 4 members (excludes halogenated alkanes) is 2. The van der Waals surface area contributed by atoms with Gasteiger partial charge in [-0.3, -0.25) is 29.1 Å². The first-order chi connectivity index (χ1) is 27.4. The molecule has 5 N–H and O–H groups in total. The van der Waals surface area contributed by atoms with E-state index in [1.54, 1.807) is 48.5 Å². The van der Waals surface area contributed by atoms with Gasteiger partial charge < -0.3 is 35.9 Å². The number of aryl methyl sites for hydroxylation is 4. The van der Waals surface area contributed by atoms with Crippen molar-refractivity contribution in [3.8, 4) is 0 Å². The summed E-state index contributed by atoms with van der Waals surface area (Å²) in [5.74, 6) is -0.157. The number of ether oxygens (including phenoxy) is 3. The van der Waals surface area contributed by atoms with E-state index in [9.17, 15) is 24.0 Å². The van der Waals surface area contributed by atoms with E-state index in [4.69, 9.17) is 19.9 Å². The molecule has 0 spiro atoms. The van der Waals surface area contributed by atoms with Gasteiger partial charge in [0.05, 0.1) is 23.6 Å². The van der Waals surface area contributed by atoms with E-state index in [0.29, 0.717) is 44.5 Å². The van der Waals surface area contributed by atoms with Gasteiger partial charge in [0.25, 0.3) is 11.8 Å². The van der Waals surface area contributed by atoms with Gasteiger partial charge in [0.1, 0.15) is 16.8 Å². The summed E-state index contributed by atoms with van der Waals surface area (Å²) in [6, 6.07) is 6.64. The number of nitrogens with one attached hydrogen (secondary N) is 3. The first-order valence-corrected chi connectivity index (χ1v) is 22.0. The number of ketones is 2. The summed E-state index contributed by atoms with van der Waals surface area (Å²) >= 11 is 2.90. The molecule has 0 aromatic carbocycles. The average molecular weight is 863 g/mol. The van der Waals surface area contributed by atoms with Crippen LogP contribution in [0, 0.1) is 27.7 Å². The first-order valence-electron chi connectivity index (χ1n) is 20.0. The summed E-state index contributed by atoms with van der Waals surface area (Å²) in [5.41, 5.74) is 6.63. The topological polar surface area (TPSA) is 201 Å². The average Bonchev–Trinajstić information content (AvgIpc) is 3.13. The number of rotatable bonds is 23. The van der Waals surface area contributed by atoms with E-state index in [-0.39, 0.29) is 29.1 Å². The van der Waals surface area contributed by atoms with Gasteiger partial charge in [0, 0.05) is 53.3 Å². The molecular weight excluding hydrogens is 793 g/mol. The van der Waals surface area contributed by atoms with Crippen molar-refractivity contribution in [1.29, 1.82) is 0 Å². The molecule has 2 aromatic heterocycles. The number of methoxy groups -OCH3 is 2. The second-order valence-electron chi connectivity index (χ2n) is 16.4. The third-order valence-corrected chi connectivity index (χ3v) is 10.9. The Balaban J connectivity index is 0.000000607. The fourth-order valence-corrected chi connectivity index (χ4v) is 7.25. The highest BCUT2D eigenvalue weighted by Crippen LogP contribution is 2.22. The molecule has 14 nitrogen and oxygen atoms in total. The van der Waals surface area contributed by atoms with Crippen molar-refractivity contribution in [1.82, 2.24) is 25.9 Å². The van der Waals surface area contributed by atoms with E-state index >= 15 is 0 Å². The minimum absolute atomic E-state index is 0.000562. The van der Waals surface area contributed by atoms with Crippen LogP contribution in [0.25, 0.3) is 0 Å². The minimum atomic E-state index is -1.04. The number of thioether (sulfide) groups is 2. The molecule has 2 atom stereocenters. The molecule has 2 rings (SSSR count). The number of nitrogens with two attached hydrogens (primary N) is 1. The summed E-state index contributed by atoms with van der Waals surface area (Å²) in [6.07, 6.45) is 3.50. The molecule has 0 saturated carbocycles. The number of carbonyl (C=O) groups excluding carboxylic acids is 5. The predicted molar refractivity (Wildman–Crippen MR) is 236 cm³/mol. The second kappa shape index (κ2) is 25.9. The highest BCUT2D eigenvalue weighted by Gasteiger charge is 2.32. The van der Waals surface area contributed by atoms with Crippen LogP contribution in [0.1, 0.15) is 110 Å². The molecule has 2 heterocycles. The second-order valence-corrected chi connectivity index (χ2v) is 18.5. The Morgan fingerprint density at radius 2 is 1.02 bits per heavy atom. The number of hydrogen-bond donors (Lipinski definition) is 4. The highest BCUT2D eigenvalue weighted by atomic mass is 32.2. The van der Waals surface area contributed by atoms with Crippen LogP contribution in [-0.2, 0) is 33.4 Å². The van der Waals surface area contributed by atoms with Crippen LogP contribution in [0.15, 0.2) is 34.1 Å². The highest BCUT2D eigenvalue weighted by molar-refractivity contribution is 8.00. The molecule has 0 bridgehead atoms. The van der Waals surface area contributed by atoms with Crippen LogP contribution >= 0.6 is 23.5 Å². The third kappa shape index (κ3) is 22.0. The van der Waals surface area contributed by atoms with Crippen molar-refractivity contribution in [2.75, 3.05) is 38.8 Å². The summed E-state index contributed by atoms with van der Waals surface area (Å²) < 4.78 is 15.7. The number of alkyl carbamates (subject to hydrolysis) is 1. The number of nitrogens with zero attached hydrogens (tertiary/aromatic N) is 2. The van der Waals surface area contributed by atoms with E-state index in [0.717, 1.165) is 45.4 Å². The molecule has 16 heteroatoms. The van der Waals surface area contributed by atoms with Gasteiger partial charge in [-0.15, -0.1) is 23.5 Å². The number of hydrogen-bond acceptors (Lipinski definition) is 13. The van der Waals surface area contributed by atoms with Crippen molar-refractivity contribution in [2.24, 2.45) is 5.73 Å². The quantitative estimate of drug-likeness (QED) is 0.0711. The number of pyridine rings is 2. The SMILES string of the molecule is COC(C)(C)C(=O)N[C@@H](CCCCN)C(=O)CSc1cc(C)nc(C)c1.COC(C)(C)C(=O)N[C@@H](CCCCNC(=O)OC(C)(C)C)C(=O)CSc1cc(C)nc(C)c1. The molecular formula is C43H70N6O8S2. The van der Waals surface area contributed by atoms with Crippen LogP contribution in [0.3, 0.4) is 0 Å². The molecule has 332 valence electrons. The Hall–Kier alpha value is -3.57. The zero-order valence-electron chi connectivity index (χ0n) is 37.6. The maximum Gasteiger partial charge on any atom is 0.407 e. The van der Waals surface area contributed by atoms with Gasteiger partial charge in [-0.05, 0) is 145 Å². The van der Waals surface area contributed by atoms with Gasteiger partial charge in [-0.2, -0.15) is 0 Å². The van der Waals surface area contributed by atoms with E-state index in [1.165, 1.54) is 37.7 Å². The molecule has 0 radical (unpaired) electrons. The number of Topliss-reactive ketones (excluding diaryl/α,β-unsaturated/α-hetero) is 2. The molecule has 2 aromatic rings. The number of amides is 3. The molecule has 0 aliphatic heterocycles. The van der Waals surface area contributed by atoms with Gasteiger partial charge in [0.15, 0.2) is 11.6 Å². The minimum Gasteiger partial charge on any atom is -0.444 e. The van der Waals surface area contributed by atoms with Crippen LogP contribution < -0.4 is 21.7 Å². The smallest absolute Gasteiger partial charge is 0.407 e. The summed E-state index contributed by atoms with van der Waals surface area (Å²) in [5, 5.41) is 8.40. The zero-order valence-corrected chi connectivity index (χ0v) is 39.2. The normalized spacial score (nSPS) is 12.7. The molecule has 3 amide bonds.